The molecule has 3 rings (SSSR count). The molecule has 0 unspecified atom stereocenters. The highest BCUT2D eigenvalue weighted by atomic mass is 16.5. The van der Waals surface area contributed by atoms with Crippen molar-refractivity contribution in [3.63, 3.8) is 0 Å². The normalized spacial score (nSPS) is 23.7. The fourth-order valence-corrected chi connectivity index (χ4v) is 4.71. The number of hydrogen-bond donors (Lipinski definition) is 1. The Balaban J connectivity index is 2.08. The molecule has 2 heterocycles. The molecule has 0 radical (unpaired) electrons. The fourth-order valence-electron chi connectivity index (χ4n) is 4.71. The molecule has 2 aliphatic rings. The molecule has 1 fully saturated rings. The average Bonchev–Trinajstić information content (AvgIpc) is 3.27. The molecule has 30 heavy (non-hydrogen) atoms. The number of ether oxygens (including phenoxy) is 2. The van der Waals surface area contributed by atoms with Crippen LogP contribution in [0.2, 0.25) is 0 Å². The lowest BCUT2D eigenvalue weighted by Crippen LogP contribution is -2.48. The van der Waals surface area contributed by atoms with Gasteiger partial charge in [-0.05, 0) is 24.5 Å². The summed E-state index contributed by atoms with van der Waals surface area (Å²) in [6.45, 7) is 2.08. The van der Waals surface area contributed by atoms with Crippen molar-refractivity contribution >= 4 is 29.8 Å². The Morgan fingerprint density at radius 1 is 1.33 bits per heavy atom. The minimum absolute atomic E-state index is 0.0754. The highest BCUT2D eigenvalue weighted by molar-refractivity contribution is 6.07. The minimum atomic E-state index is -0.974. The highest BCUT2D eigenvalue weighted by Gasteiger charge is 2.58. The van der Waals surface area contributed by atoms with Crippen LogP contribution in [0.4, 0.5) is 5.69 Å². The van der Waals surface area contributed by atoms with Crippen molar-refractivity contribution in [2.45, 2.75) is 37.6 Å². The van der Waals surface area contributed by atoms with Crippen molar-refractivity contribution in [1.29, 1.82) is 0 Å². The van der Waals surface area contributed by atoms with Gasteiger partial charge in [-0.2, -0.15) is 0 Å². The molecule has 0 aromatic heterocycles. The lowest BCUT2D eigenvalue weighted by atomic mass is 9.71. The number of carbonyl (C=O) groups excluding carboxylic acids is 4. The lowest BCUT2D eigenvalue weighted by molar-refractivity contribution is -0.138. The molecular formula is C22H26N2O6. The first-order valence-electron chi connectivity index (χ1n) is 9.90. The standard InChI is InChI=1S/C22H26N2O6/c1-4-18(26)14(15(12-29-2)20(27)30-3)11-19-22(9-10-24(19)13-25)16-7-5-6-8-17(16)23-21(22)28/h5-8,12-14,19H,4,9-11H2,1-3H3,(H,23,28)/b15-12+/t14-,19+,22+/m1/s1. The third-order valence-corrected chi connectivity index (χ3v) is 6.17. The molecule has 160 valence electrons. The van der Waals surface area contributed by atoms with E-state index in [-0.39, 0.29) is 30.1 Å². The van der Waals surface area contributed by atoms with Crippen LogP contribution in [-0.2, 0) is 34.1 Å². The van der Waals surface area contributed by atoms with E-state index in [0.717, 1.165) is 5.56 Å². The summed E-state index contributed by atoms with van der Waals surface area (Å²) >= 11 is 0. The molecule has 1 N–H and O–H groups in total. The van der Waals surface area contributed by atoms with E-state index in [9.17, 15) is 19.2 Å². The zero-order valence-corrected chi connectivity index (χ0v) is 17.3. The van der Waals surface area contributed by atoms with Gasteiger partial charge in [0, 0.05) is 18.7 Å². The molecule has 8 nitrogen and oxygen atoms in total. The van der Waals surface area contributed by atoms with Crippen LogP contribution in [0.5, 0.6) is 0 Å². The molecule has 0 saturated carbocycles. The van der Waals surface area contributed by atoms with Gasteiger partial charge in [-0.15, -0.1) is 0 Å². The van der Waals surface area contributed by atoms with Gasteiger partial charge >= 0.3 is 5.97 Å². The molecule has 1 aromatic rings. The van der Waals surface area contributed by atoms with E-state index in [1.807, 2.05) is 24.3 Å². The zero-order chi connectivity index (χ0) is 21.9. The number of likely N-dealkylation sites (tertiary alicyclic amines) is 1. The van der Waals surface area contributed by atoms with Crippen LogP contribution < -0.4 is 5.32 Å². The van der Waals surface area contributed by atoms with Crippen molar-refractivity contribution in [2.75, 3.05) is 26.1 Å². The van der Waals surface area contributed by atoms with Gasteiger partial charge < -0.3 is 19.7 Å². The van der Waals surface area contributed by atoms with Gasteiger partial charge in [0.1, 0.15) is 5.78 Å². The number of rotatable bonds is 8. The topological polar surface area (TPSA) is 102 Å². The molecule has 8 heteroatoms. The van der Waals surface area contributed by atoms with Crippen LogP contribution in [0.3, 0.4) is 0 Å². The Labute approximate surface area is 175 Å². The van der Waals surface area contributed by atoms with Crippen molar-refractivity contribution in [3.8, 4) is 0 Å². The third-order valence-electron chi connectivity index (χ3n) is 6.17. The van der Waals surface area contributed by atoms with Gasteiger partial charge in [0.05, 0.1) is 43.4 Å². The van der Waals surface area contributed by atoms with Crippen LogP contribution >= 0.6 is 0 Å². The summed E-state index contributed by atoms with van der Waals surface area (Å²) in [5.41, 5.74) is 0.617. The maximum absolute atomic E-state index is 13.2. The van der Waals surface area contributed by atoms with E-state index in [1.165, 1.54) is 20.5 Å². The molecule has 1 spiro atoms. The largest absolute Gasteiger partial charge is 0.504 e. The van der Waals surface area contributed by atoms with E-state index in [2.05, 4.69) is 5.32 Å². The van der Waals surface area contributed by atoms with Gasteiger partial charge in [0.2, 0.25) is 12.3 Å². The number of carbonyl (C=O) groups is 4. The van der Waals surface area contributed by atoms with Gasteiger partial charge in [0.25, 0.3) is 0 Å². The second kappa shape index (κ2) is 8.69. The fraction of sp³-hybridized carbons (Fsp3) is 0.455. The molecule has 2 amide bonds. The van der Waals surface area contributed by atoms with Crippen LogP contribution in [0.25, 0.3) is 0 Å². The third kappa shape index (κ3) is 3.36. The minimum Gasteiger partial charge on any atom is -0.504 e. The molecule has 0 bridgehead atoms. The molecule has 2 aliphatic heterocycles. The Morgan fingerprint density at radius 2 is 2.07 bits per heavy atom. The lowest BCUT2D eigenvalue weighted by Gasteiger charge is -2.34. The number of benzene rings is 1. The van der Waals surface area contributed by atoms with Crippen LogP contribution in [0, 0.1) is 5.92 Å². The smallest absolute Gasteiger partial charge is 0.337 e. The zero-order valence-electron chi connectivity index (χ0n) is 17.3. The van der Waals surface area contributed by atoms with E-state index in [4.69, 9.17) is 9.47 Å². The summed E-state index contributed by atoms with van der Waals surface area (Å²) in [5, 5.41) is 2.91. The molecule has 0 aliphatic carbocycles. The Bertz CT molecular complexity index is 895. The van der Waals surface area contributed by atoms with Crippen LogP contribution in [-0.4, -0.2) is 55.8 Å². The quantitative estimate of drug-likeness (QED) is 0.301. The average molecular weight is 414 g/mol. The van der Waals surface area contributed by atoms with Crippen molar-refractivity contribution in [1.82, 2.24) is 4.90 Å². The maximum Gasteiger partial charge on any atom is 0.337 e. The van der Waals surface area contributed by atoms with Crippen molar-refractivity contribution in [3.05, 3.63) is 41.7 Å². The number of para-hydroxylation sites is 1. The maximum atomic E-state index is 13.2. The number of Topliss-reactive ketones (excluding diaryl/α,β-unsaturated/α-hetero) is 1. The highest BCUT2D eigenvalue weighted by Crippen LogP contribution is 2.49. The van der Waals surface area contributed by atoms with Crippen LogP contribution in [0.15, 0.2) is 36.1 Å². The summed E-state index contributed by atoms with van der Waals surface area (Å²) in [5.74, 6) is -1.94. The Kier molecular flexibility index (Phi) is 6.24. The summed E-state index contributed by atoms with van der Waals surface area (Å²) in [6.07, 6.45) is 2.65. The summed E-state index contributed by atoms with van der Waals surface area (Å²) in [6, 6.07) is 6.78. The summed E-state index contributed by atoms with van der Waals surface area (Å²) < 4.78 is 9.89. The van der Waals surface area contributed by atoms with Crippen molar-refractivity contribution < 1.29 is 28.7 Å². The number of fused-ring (bicyclic) bond motifs is 2. The Morgan fingerprint density at radius 3 is 2.70 bits per heavy atom. The summed E-state index contributed by atoms with van der Waals surface area (Å²) in [7, 11) is 2.61. The summed E-state index contributed by atoms with van der Waals surface area (Å²) in [4.78, 5) is 51.8. The van der Waals surface area contributed by atoms with Crippen molar-refractivity contribution in [2.24, 2.45) is 5.92 Å². The first-order valence-corrected chi connectivity index (χ1v) is 9.90. The number of amides is 2. The Hall–Kier alpha value is -3.16. The number of nitrogens with one attached hydrogen (secondary N) is 1. The number of anilines is 1. The number of esters is 1. The second-order valence-corrected chi connectivity index (χ2v) is 7.49. The molecule has 3 atom stereocenters. The number of ketones is 1. The predicted molar refractivity (Wildman–Crippen MR) is 108 cm³/mol. The molecule has 1 saturated heterocycles. The second-order valence-electron chi connectivity index (χ2n) is 7.49. The van der Waals surface area contributed by atoms with E-state index in [0.29, 0.717) is 25.1 Å². The van der Waals surface area contributed by atoms with E-state index >= 15 is 0 Å². The van der Waals surface area contributed by atoms with Crippen LogP contribution in [0.1, 0.15) is 31.7 Å². The van der Waals surface area contributed by atoms with Gasteiger partial charge in [-0.25, -0.2) is 4.79 Å². The first-order chi connectivity index (χ1) is 14.4. The SMILES string of the molecule is CCC(=O)[C@H](C[C@@H]1N(C=O)CC[C@@]12C(=O)Nc1ccccc12)/C(=C\OC)C(=O)OC. The van der Waals surface area contributed by atoms with Gasteiger partial charge in [-0.3, -0.25) is 14.4 Å². The van der Waals surface area contributed by atoms with Gasteiger partial charge in [0.15, 0.2) is 0 Å². The number of methoxy groups -OCH3 is 2. The molecule has 1 aromatic carbocycles. The number of hydrogen-bond acceptors (Lipinski definition) is 6. The molecular weight excluding hydrogens is 388 g/mol. The van der Waals surface area contributed by atoms with E-state index < -0.39 is 23.3 Å². The van der Waals surface area contributed by atoms with E-state index in [1.54, 1.807) is 11.8 Å². The monoisotopic (exact) mass is 414 g/mol. The van der Waals surface area contributed by atoms with Gasteiger partial charge in [-0.1, -0.05) is 25.1 Å². The first kappa shape index (κ1) is 21.5. The predicted octanol–water partition coefficient (Wildman–Crippen LogP) is 1.80. The number of nitrogens with zero attached hydrogens (tertiary/aromatic N) is 1.